The van der Waals surface area contributed by atoms with Crippen LogP contribution in [0.2, 0.25) is 0 Å². The Morgan fingerprint density at radius 2 is 1.59 bits per heavy atom. The van der Waals surface area contributed by atoms with Crippen LogP contribution in [0.3, 0.4) is 0 Å². The van der Waals surface area contributed by atoms with Crippen molar-refractivity contribution in [1.82, 2.24) is 4.57 Å². The Hall–Kier alpha value is -1.76. The second-order valence-corrected chi connectivity index (χ2v) is 4.95. The van der Waals surface area contributed by atoms with Crippen LogP contribution >= 0.6 is 0 Å². The first-order valence-corrected chi connectivity index (χ1v) is 6.18. The van der Waals surface area contributed by atoms with Gasteiger partial charge in [0.15, 0.2) is 0 Å². The fraction of sp³-hybridized carbons (Fsp3) is 0.250. The lowest BCUT2D eigenvalue weighted by molar-refractivity contribution is 0.641. The predicted octanol–water partition coefficient (Wildman–Crippen LogP) is 4.68. The molecule has 0 saturated heterocycles. The molecule has 0 saturated carbocycles. The summed E-state index contributed by atoms with van der Waals surface area (Å²) in [4.78, 5) is 0. The van der Waals surface area contributed by atoms with Gasteiger partial charge in [-0.1, -0.05) is 36.4 Å². The van der Waals surface area contributed by atoms with Gasteiger partial charge in [0.25, 0.3) is 0 Å². The molecule has 2 aromatic carbocycles. The van der Waals surface area contributed by atoms with E-state index >= 15 is 0 Å². The minimum atomic E-state index is 0.485. The van der Waals surface area contributed by atoms with Crippen molar-refractivity contribution in [2.24, 2.45) is 0 Å². The molecular weight excluding hydrogens is 206 g/mol. The molecule has 1 aromatic heterocycles. The Morgan fingerprint density at radius 1 is 0.882 bits per heavy atom. The van der Waals surface area contributed by atoms with Gasteiger partial charge in [-0.2, -0.15) is 0 Å². The van der Waals surface area contributed by atoms with Crippen LogP contribution in [-0.4, -0.2) is 4.57 Å². The highest BCUT2D eigenvalue weighted by Crippen LogP contribution is 2.33. The lowest BCUT2D eigenvalue weighted by Gasteiger charge is -2.12. The monoisotopic (exact) mass is 223 g/mol. The summed E-state index contributed by atoms with van der Waals surface area (Å²) >= 11 is 0. The third-order valence-electron chi connectivity index (χ3n) is 3.45. The molecular formula is C16H17N. The van der Waals surface area contributed by atoms with Crippen LogP contribution in [0.5, 0.6) is 0 Å². The van der Waals surface area contributed by atoms with Gasteiger partial charge in [-0.25, -0.2) is 0 Å². The van der Waals surface area contributed by atoms with E-state index in [9.17, 15) is 0 Å². The van der Waals surface area contributed by atoms with Crippen LogP contribution in [0.4, 0.5) is 0 Å². The summed E-state index contributed by atoms with van der Waals surface area (Å²) in [6.45, 7) is 6.69. The van der Waals surface area contributed by atoms with Gasteiger partial charge in [-0.3, -0.25) is 0 Å². The van der Waals surface area contributed by atoms with Gasteiger partial charge in [0.1, 0.15) is 0 Å². The number of aryl methyl sites for hydroxylation is 1. The molecule has 0 amide bonds. The van der Waals surface area contributed by atoms with Crippen LogP contribution in [0, 0.1) is 6.92 Å². The molecule has 0 aliphatic carbocycles. The summed E-state index contributed by atoms with van der Waals surface area (Å²) in [6.07, 6.45) is 0. The molecule has 0 aliphatic heterocycles. The van der Waals surface area contributed by atoms with Gasteiger partial charge in [-0.15, -0.1) is 0 Å². The van der Waals surface area contributed by atoms with Crippen molar-refractivity contribution in [3.05, 3.63) is 48.0 Å². The zero-order valence-electron chi connectivity index (χ0n) is 10.6. The molecule has 0 atom stereocenters. The number of fused-ring (bicyclic) bond motifs is 3. The second kappa shape index (κ2) is 3.63. The van der Waals surface area contributed by atoms with Crippen LogP contribution in [0.15, 0.2) is 42.5 Å². The molecule has 0 N–H and O–H groups in total. The third-order valence-corrected chi connectivity index (χ3v) is 3.45. The maximum absolute atomic E-state index is 2.44. The number of hydrogen-bond acceptors (Lipinski definition) is 0. The molecule has 3 aromatic rings. The normalized spacial score (nSPS) is 11.8. The van der Waals surface area contributed by atoms with Gasteiger partial charge in [0.2, 0.25) is 0 Å². The fourth-order valence-corrected chi connectivity index (χ4v) is 2.76. The van der Waals surface area contributed by atoms with Crippen molar-refractivity contribution in [2.45, 2.75) is 26.8 Å². The van der Waals surface area contributed by atoms with Crippen molar-refractivity contribution in [3.8, 4) is 0 Å². The summed E-state index contributed by atoms with van der Waals surface area (Å²) in [6, 6.07) is 15.7. The van der Waals surface area contributed by atoms with Crippen LogP contribution in [0.1, 0.15) is 25.5 Å². The largest absolute Gasteiger partial charge is 0.338 e. The number of rotatable bonds is 1. The summed E-state index contributed by atoms with van der Waals surface area (Å²) in [7, 11) is 0. The third kappa shape index (κ3) is 1.39. The summed E-state index contributed by atoms with van der Waals surface area (Å²) < 4.78 is 2.44. The quantitative estimate of drug-likeness (QED) is 0.564. The first-order valence-electron chi connectivity index (χ1n) is 6.18. The lowest BCUT2D eigenvalue weighted by atomic mass is 10.1. The first kappa shape index (κ1) is 10.4. The Bertz CT molecular complexity index is 689. The summed E-state index contributed by atoms with van der Waals surface area (Å²) in [5.74, 6) is 0. The highest BCUT2D eigenvalue weighted by molar-refractivity contribution is 6.09. The van der Waals surface area contributed by atoms with Gasteiger partial charge in [0.05, 0.1) is 5.52 Å². The van der Waals surface area contributed by atoms with E-state index in [0.29, 0.717) is 6.04 Å². The van der Waals surface area contributed by atoms with E-state index in [2.05, 4.69) is 67.8 Å². The highest BCUT2D eigenvalue weighted by atomic mass is 15.0. The SMILES string of the molecule is Cc1cccc2c3ccccc3n(C(C)C)c12. The number of aromatic nitrogens is 1. The predicted molar refractivity (Wildman–Crippen MR) is 74.6 cm³/mol. The molecule has 0 aliphatic rings. The molecule has 0 radical (unpaired) electrons. The van der Waals surface area contributed by atoms with Crippen LogP contribution in [0.25, 0.3) is 21.8 Å². The highest BCUT2D eigenvalue weighted by Gasteiger charge is 2.13. The van der Waals surface area contributed by atoms with Crippen molar-refractivity contribution >= 4 is 21.8 Å². The zero-order chi connectivity index (χ0) is 12.0. The zero-order valence-corrected chi connectivity index (χ0v) is 10.6. The molecule has 0 bridgehead atoms. The van der Waals surface area contributed by atoms with Gasteiger partial charge in [0, 0.05) is 22.3 Å². The molecule has 86 valence electrons. The average molecular weight is 223 g/mol. The summed E-state index contributed by atoms with van der Waals surface area (Å²) in [5, 5.41) is 2.73. The van der Waals surface area contributed by atoms with E-state index in [1.54, 1.807) is 0 Å². The Balaban J connectivity index is 2.63. The van der Waals surface area contributed by atoms with Gasteiger partial charge in [-0.05, 0) is 32.4 Å². The van der Waals surface area contributed by atoms with E-state index < -0.39 is 0 Å². The van der Waals surface area contributed by atoms with Crippen molar-refractivity contribution < 1.29 is 0 Å². The number of hydrogen-bond donors (Lipinski definition) is 0. The summed E-state index contributed by atoms with van der Waals surface area (Å²) in [5.41, 5.74) is 4.07. The molecule has 0 fully saturated rings. The smallest absolute Gasteiger partial charge is 0.0523 e. The Kier molecular flexibility index (Phi) is 2.22. The van der Waals surface area contributed by atoms with E-state index in [1.807, 2.05) is 0 Å². The molecule has 0 unspecified atom stereocenters. The lowest BCUT2D eigenvalue weighted by Crippen LogP contribution is -2.00. The molecule has 1 heteroatoms. The molecule has 17 heavy (non-hydrogen) atoms. The van der Waals surface area contributed by atoms with E-state index in [-0.39, 0.29) is 0 Å². The standard InChI is InChI=1S/C16H17N/c1-11(2)17-15-10-5-4-8-13(15)14-9-6-7-12(3)16(14)17/h4-11H,1-3H3. The van der Waals surface area contributed by atoms with Crippen molar-refractivity contribution in [2.75, 3.05) is 0 Å². The molecule has 1 nitrogen and oxygen atoms in total. The maximum atomic E-state index is 2.44. The van der Waals surface area contributed by atoms with Gasteiger partial charge < -0.3 is 4.57 Å². The minimum absolute atomic E-state index is 0.485. The number of benzene rings is 2. The van der Waals surface area contributed by atoms with Gasteiger partial charge >= 0.3 is 0 Å². The molecule has 0 spiro atoms. The number of para-hydroxylation sites is 2. The second-order valence-electron chi connectivity index (χ2n) is 4.95. The Morgan fingerprint density at radius 3 is 2.35 bits per heavy atom. The topological polar surface area (TPSA) is 4.93 Å². The average Bonchev–Trinajstić information content (AvgIpc) is 2.65. The van der Waals surface area contributed by atoms with Crippen LogP contribution < -0.4 is 0 Å². The van der Waals surface area contributed by atoms with Crippen molar-refractivity contribution in [3.63, 3.8) is 0 Å². The minimum Gasteiger partial charge on any atom is -0.338 e. The van der Waals surface area contributed by atoms with E-state index in [4.69, 9.17) is 0 Å². The Labute approximate surface area is 102 Å². The molecule has 3 rings (SSSR count). The maximum Gasteiger partial charge on any atom is 0.0523 e. The van der Waals surface area contributed by atoms with E-state index in [1.165, 1.54) is 27.4 Å². The fourth-order valence-electron chi connectivity index (χ4n) is 2.76. The van der Waals surface area contributed by atoms with E-state index in [0.717, 1.165) is 0 Å². The number of nitrogens with zero attached hydrogens (tertiary/aromatic N) is 1. The van der Waals surface area contributed by atoms with Crippen molar-refractivity contribution in [1.29, 1.82) is 0 Å². The first-order chi connectivity index (χ1) is 8.20. The molecule has 1 heterocycles. The van der Waals surface area contributed by atoms with Crippen LogP contribution in [-0.2, 0) is 0 Å².